The highest BCUT2D eigenvalue weighted by atomic mass is 16.5. The van der Waals surface area contributed by atoms with Gasteiger partial charge in [0.25, 0.3) is 0 Å². The van der Waals surface area contributed by atoms with Gasteiger partial charge in [0.05, 0.1) is 30.0 Å². The molecule has 5 nitrogen and oxygen atoms in total. The summed E-state index contributed by atoms with van der Waals surface area (Å²) in [5.74, 6) is 2.20. The van der Waals surface area contributed by atoms with Crippen LogP contribution in [0.25, 0.3) is 27.9 Å². The Balaban J connectivity index is 1.97. The zero-order valence-corrected chi connectivity index (χ0v) is 16.2. The predicted molar refractivity (Wildman–Crippen MR) is 111 cm³/mol. The van der Waals surface area contributed by atoms with Crippen LogP contribution < -0.4 is 10.1 Å². The lowest BCUT2D eigenvalue weighted by Gasteiger charge is -2.13. The normalized spacial score (nSPS) is 11.4. The molecule has 0 aliphatic heterocycles. The van der Waals surface area contributed by atoms with Gasteiger partial charge in [-0.1, -0.05) is 26.0 Å². The molecule has 2 aromatic heterocycles. The van der Waals surface area contributed by atoms with Crippen LogP contribution in [0.15, 0.2) is 48.7 Å². The summed E-state index contributed by atoms with van der Waals surface area (Å²) in [6.45, 7) is 7.31. The maximum atomic E-state index is 5.36. The van der Waals surface area contributed by atoms with Crippen LogP contribution in [0.5, 0.6) is 5.75 Å². The smallest absolute Gasteiger partial charge is 0.181 e. The first-order chi connectivity index (χ1) is 13.1. The van der Waals surface area contributed by atoms with Gasteiger partial charge in [-0.25, -0.2) is 9.97 Å². The molecule has 0 fully saturated rings. The summed E-state index contributed by atoms with van der Waals surface area (Å²) in [5, 5.41) is 3.46. The molecule has 0 unspecified atom stereocenters. The SMILES string of the molecule is COc1ccc(-c2cnc3c(NCC(C)C)nc4ccccc4n23)c(C)c1. The van der Waals surface area contributed by atoms with Gasteiger partial charge < -0.3 is 10.1 Å². The molecule has 2 aromatic carbocycles. The number of ether oxygens (including phenoxy) is 1. The average Bonchev–Trinajstić information content (AvgIpc) is 3.11. The number of anilines is 1. The highest BCUT2D eigenvalue weighted by Crippen LogP contribution is 2.31. The zero-order valence-electron chi connectivity index (χ0n) is 16.2. The van der Waals surface area contributed by atoms with E-state index in [1.54, 1.807) is 7.11 Å². The van der Waals surface area contributed by atoms with E-state index in [4.69, 9.17) is 14.7 Å². The van der Waals surface area contributed by atoms with E-state index in [0.29, 0.717) is 5.92 Å². The van der Waals surface area contributed by atoms with Crippen molar-refractivity contribution in [3.63, 3.8) is 0 Å². The van der Waals surface area contributed by atoms with Crippen molar-refractivity contribution in [1.82, 2.24) is 14.4 Å². The molecule has 0 atom stereocenters. The van der Waals surface area contributed by atoms with Gasteiger partial charge in [0.2, 0.25) is 0 Å². The molecule has 0 aliphatic carbocycles. The molecule has 2 heterocycles. The highest BCUT2D eigenvalue weighted by Gasteiger charge is 2.16. The Hall–Kier alpha value is -3.08. The van der Waals surface area contributed by atoms with Crippen LogP contribution in [0.4, 0.5) is 5.82 Å². The van der Waals surface area contributed by atoms with Crippen molar-refractivity contribution in [1.29, 1.82) is 0 Å². The minimum Gasteiger partial charge on any atom is -0.497 e. The van der Waals surface area contributed by atoms with Gasteiger partial charge in [-0.15, -0.1) is 0 Å². The van der Waals surface area contributed by atoms with E-state index < -0.39 is 0 Å². The monoisotopic (exact) mass is 360 g/mol. The third-order valence-electron chi connectivity index (χ3n) is 4.72. The van der Waals surface area contributed by atoms with Gasteiger partial charge in [-0.3, -0.25) is 4.40 Å². The quantitative estimate of drug-likeness (QED) is 0.548. The number of hydrogen-bond acceptors (Lipinski definition) is 4. The van der Waals surface area contributed by atoms with E-state index in [-0.39, 0.29) is 0 Å². The largest absolute Gasteiger partial charge is 0.497 e. The fourth-order valence-electron chi connectivity index (χ4n) is 3.34. The lowest BCUT2D eigenvalue weighted by molar-refractivity contribution is 0.414. The van der Waals surface area contributed by atoms with E-state index in [0.717, 1.165) is 51.6 Å². The molecular weight excluding hydrogens is 336 g/mol. The Morgan fingerprint density at radius 2 is 1.96 bits per heavy atom. The summed E-state index contributed by atoms with van der Waals surface area (Å²) in [4.78, 5) is 9.53. The standard InChI is InChI=1S/C22H24N4O/c1-14(2)12-23-21-22-24-13-20(17-10-9-16(27-4)11-15(17)3)26(22)19-8-6-5-7-18(19)25-21/h5-11,13-14H,12H2,1-4H3,(H,23,25). The minimum atomic E-state index is 0.525. The fourth-order valence-corrected chi connectivity index (χ4v) is 3.34. The second-order valence-electron chi connectivity index (χ2n) is 7.21. The van der Waals surface area contributed by atoms with Crippen LogP contribution in [-0.2, 0) is 0 Å². The zero-order chi connectivity index (χ0) is 19.0. The Morgan fingerprint density at radius 1 is 1.15 bits per heavy atom. The number of hydrogen-bond donors (Lipinski definition) is 1. The second kappa shape index (κ2) is 6.91. The summed E-state index contributed by atoms with van der Waals surface area (Å²) in [6, 6.07) is 14.3. The Morgan fingerprint density at radius 3 is 2.70 bits per heavy atom. The van der Waals surface area contributed by atoms with Crippen molar-refractivity contribution in [2.45, 2.75) is 20.8 Å². The molecule has 4 aromatic rings. The van der Waals surface area contributed by atoms with Crippen LogP contribution in [0.2, 0.25) is 0 Å². The molecule has 1 N–H and O–H groups in total. The van der Waals surface area contributed by atoms with Gasteiger partial charge in [0, 0.05) is 12.1 Å². The summed E-state index contributed by atoms with van der Waals surface area (Å²) < 4.78 is 7.55. The number of nitrogens with zero attached hydrogens (tertiary/aromatic N) is 3. The number of aromatic nitrogens is 3. The molecule has 0 amide bonds. The first kappa shape index (κ1) is 17.3. The number of benzene rings is 2. The maximum absolute atomic E-state index is 5.36. The van der Waals surface area contributed by atoms with Gasteiger partial charge in [-0.05, 0) is 48.7 Å². The summed E-state index contributed by atoms with van der Waals surface area (Å²) >= 11 is 0. The van der Waals surface area contributed by atoms with Crippen LogP contribution >= 0.6 is 0 Å². The number of rotatable bonds is 5. The fraction of sp³-hybridized carbons (Fsp3) is 0.273. The maximum Gasteiger partial charge on any atom is 0.181 e. The molecular formula is C22H24N4O. The molecule has 0 aliphatic rings. The number of methoxy groups -OCH3 is 1. The lowest BCUT2D eigenvalue weighted by Crippen LogP contribution is -2.11. The third-order valence-corrected chi connectivity index (χ3v) is 4.72. The van der Waals surface area contributed by atoms with E-state index in [1.807, 2.05) is 30.5 Å². The molecule has 0 spiro atoms. The molecule has 4 rings (SSSR count). The topological polar surface area (TPSA) is 51.5 Å². The molecule has 138 valence electrons. The Kier molecular flexibility index (Phi) is 4.44. The number of nitrogens with one attached hydrogen (secondary N) is 1. The van der Waals surface area contributed by atoms with E-state index in [9.17, 15) is 0 Å². The first-order valence-electron chi connectivity index (χ1n) is 9.23. The lowest BCUT2D eigenvalue weighted by atomic mass is 10.1. The molecule has 0 radical (unpaired) electrons. The van der Waals surface area contributed by atoms with Crippen molar-refractivity contribution in [2.24, 2.45) is 5.92 Å². The van der Waals surface area contributed by atoms with Crippen molar-refractivity contribution < 1.29 is 4.74 Å². The first-order valence-corrected chi connectivity index (χ1v) is 9.23. The summed E-state index contributed by atoms with van der Waals surface area (Å²) in [6.07, 6.45) is 1.93. The predicted octanol–water partition coefficient (Wildman–Crippen LogP) is 4.93. The van der Waals surface area contributed by atoms with Crippen LogP contribution in [-0.4, -0.2) is 28.0 Å². The van der Waals surface area contributed by atoms with Crippen LogP contribution in [0.3, 0.4) is 0 Å². The molecule has 0 saturated carbocycles. The third kappa shape index (κ3) is 3.10. The Bertz CT molecular complexity index is 1110. The van der Waals surface area contributed by atoms with Crippen molar-refractivity contribution in [3.8, 4) is 17.0 Å². The minimum absolute atomic E-state index is 0.525. The average molecular weight is 360 g/mol. The van der Waals surface area contributed by atoms with Gasteiger partial charge in [0.15, 0.2) is 11.5 Å². The van der Waals surface area contributed by atoms with Crippen molar-refractivity contribution >= 4 is 22.5 Å². The Labute approximate surface area is 159 Å². The van der Waals surface area contributed by atoms with E-state index in [2.05, 4.69) is 48.7 Å². The number of para-hydroxylation sites is 2. The van der Waals surface area contributed by atoms with Gasteiger partial charge in [-0.2, -0.15) is 0 Å². The van der Waals surface area contributed by atoms with Crippen LogP contribution in [0.1, 0.15) is 19.4 Å². The second-order valence-corrected chi connectivity index (χ2v) is 7.21. The van der Waals surface area contributed by atoms with Crippen molar-refractivity contribution in [3.05, 3.63) is 54.2 Å². The summed E-state index contributed by atoms with van der Waals surface area (Å²) in [7, 11) is 1.69. The molecule has 5 heteroatoms. The van der Waals surface area contributed by atoms with Gasteiger partial charge in [0.1, 0.15) is 5.75 Å². The van der Waals surface area contributed by atoms with Gasteiger partial charge >= 0.3 is 0 Å². The molecule has 0 saturated heterocycles. The van der Waals surface area contributed by atoms with E-state index >= 15 is 0 Å². The molecule has 0 bridgehead atoms. The molecule has 27 heavy (non-hydrogen) atoms. The van der Waals surface area contributed by atoms with Crippen molar-refractivity contribution in [2.75, 3.05) is 19.0 Å². The van der Waals surface area contributed by atoms with Crippen LogP contribution in [0, 0.1) is 12.8 Å². The van der Waals surface area contributed by atoms with E-state index in [1.165, 1.54) is 0 Å². The number of imidazole rings is 1. The number of aryl methyl sites for hydroxylation is 1. The summed E-state index contributed by atoms with van der Waals surface area (Å²) in [5.41, 5.74) is 6.17. The highest BCUT2D eigenvalue weighted by molar-refractivity contribution is 5.86. The number of fused-ring (bicyclic) bond motifs is 3.